The minimum atomic E-state index is -1.67. The van der Waals surface area contributed by atoms with E-state index in [1.54, 1.807) is 0 Å². The summed E-state index contributed by atoms with van der Waals surface area (Å²) >= 11 is 0. The van der Waals surface area contributed by atoms with Gasteiger partial charge in [-0.25, -0.2) is 0 Å². The SMILES string of the molecule is O=C([O-])C1(C(=O)[O-])CCC1.[Li+].[Li+]. The maximum atomic E-state index is 10.2. The van der Waals surface area contributed by atoms with Crippen LogP contribution in [-0.2, 0) is 9.59 Å². The summed E-state index contributed by atoms with van der Waals surface area (Å²) in [6.07, 6.45) is 0.928. The molecule has 0 radical (unpaired) electrons. The fraction of sp³-hybridized carbons (Fsp3) is 0.667. The standard InChI is InChI=1S/C6H8O4.2Li/c7-4(8)6(5(9)10)2-1-3-6;;/h1-3H2,(H,7,8)(H,9,10);;/q;2*+1/p-2. The summed E-state index contributed by atoms with van der Waals surface area (Å²) in [6, 6.07) is 0. The van der Waals surface area contributed by atoms with Crippen molar-refractivity contribution in [1.29, 1.82) is 0 Å². The Labute approximate surface area is 94.1 Å². The summed E-state index contributed by atoms with van der Waals surface area (Å²) < 4.78 is 0. The Morgan fingerprint density at radius 2 is 1.33 bits per heavy atom. The van der Waals surface area contributed by atoms with Crippen LogP contribution < -0.4 is 47.9 Å². The second kappa shape index (κ2) is 4.99. The van der Waals surface area contributed by atoms with Crippen molar-refractivity contribution in [2.45, 2.75) is 19.3 Å². The van der Waals surface area contributed by atoms with Gasteiger partial charge in [0.15, 0.2) is 0 Å². The van der Waals surface area contributed by atoms with Crippen LogP contribution in [0.25, 0.3) is 0 Å². The van der Waals surface area contributed by atoms with Crippen LogP contribution in [-0.4, -0.2) is 11.9 Å². The van der Waals surface area contributed by atoms with Gasteiger partial charge in [0.2, 0.25) is 0 Å². The third-order valence-electron chi connectivity index (χ3n) is 1.99. The van der Waals surface area contributed by atoms with Gasteiger partial charge in [0.05, 0.1) is 11.9 Å². The number of hydrogen-bond donors (Lipinski definition) is 0. The van der Waals surface area contributed by atoms with E-state index in [4.69, 9.17) is 0 Å². The van der Waals surface area contributed by atoms with Crippen molar-refractivity contribution >= 4 is 11.9 Å². The first-order valence-electron chi connectivity index (χ1n) is 3.02. The molecule has 0 aromatic rings. The van der Waals surface area contributed by atoms with Crippen LogP contribution >= 0.6 is 0 Å². The zero-order valence-electron chi connectivity index (χ0n) is 7.25. The normalized spacial score (nSPS) is 17.7. The molecule has 1 aliphatic rings. The van der Waals surface area contributed by atoms with Gasteiger partial charge >= 0.3 is 37.7 Å². The van der Waals surface area contributed by atoms with Gasteiger partial charge in [-0.1, -0.05) is 6.42 Å². The molecule has 1 saturated carbocycles. The van der Waals surface area contributed by atoms with Gasteiger partial charge in [-0.05, 0) is 12.8 Å². The molecular formula is C6H6Li2O4. The molecule has 0 saturated heterocycles. The Kier molecular flexibility index (Phi) is 6.09. The van der Waals surface area contributed by atoms with Crippen molar-refractivity contribution in [3.05, 3.63) is 0 Å². The van der Waals surface area contributed by atoms with E-state index in [1.807, 2.05) is 0 Å². The maximum absolute atomic E-state index is 10.2. The molecular weight excluding hydrogens is 150 g/mol. The van der Waals surface area contributed by atoms with Crippen LogP contribution in [0.15, 0.2) is 0 Å². The van der Waals surface area contributed by atoms with Crippen LogP contribution in [0.5, 0.6) is 0 Å². The van der Waals surface area contributed by atoms with E-state index in [1.165, 1.54) is 0 Å². The van der Waals surface area contributed by atoms with E-state index < -0.39 is 17.4 Å². The summed E-state index contributed by atoms with van der Waals surface area (Å²) in [5, 5.41) is 20.4. The average molecular weight is 156 g/mol. The second-order valence-corrected chi connectivity index (χ2v) is 2.51. The van der Waals surface area contributed by atoms with Crippen LogP contribution in [0.3, 0.4) is 0 Å². The number of aliphatic carboxylic acids is 2. The van der Waals surface area contributed by atoms with Crippen LogP contribution in [0.4, 0.5) is 0 Å². The molecule has 56 valence electrons. The monoisotopic (exact) mass is 156 g/mol. The van der Waals surface area contributed by atoms with E-state index in [2.05, 4.69) is 0 Å². The van der Waals surface area contributed by atoms with Crippen molar-refractivity contribution in [2.75, 3.05) is 0 Å². The van der Waals surface area contributed by atoms with Gasteiger partial charge in [0.25, 0.3) is 0 Å². The minimum Gasteiger partial charge on any atom is -0.549 e. The zero-order valence-corrected chi connectivity index (χ0v) is 7.25. The minimum absolute atomic E-state index is 0. The number of carboxylic acid groups (broad SMARTS) is 2. The molecule has 0 spiro atoms. The quantitative estimate of drug-likeness (QED) is 0.293. The number of carbonyl (C=O) groups excluding carboxylic acids is 2. The molecule has 0 aromatic heterocycles. The first kappa shape index (κ1) is 14.6. The van der Waals surface area contributed by atoms with Crippen molar-refractivity contribution in [3.63, 3.8) is 0 Å². The van der Waals surface area contributed by atoms with Crippen LogP contribution in [0.2, 0.25) is 0 Å². The van der Waals surface area contributed by atoms with E-state index in [0.29, 0.717) is 6.42 Å². The van der Waals surface area contributed by atoms with Crippen LogP contribution in [0, 0.1) is 5.41 Å². The molecule has 0 aliphatic heterocycles. The van der Waals surface area contributed by atoms with E-state index in [0.717, 1.165) is 0 Å². The summed E-state index contributed by atoms with van der Waals surface area (Å²) in [6.45, 7) is 0. The molecule has 6 heteroatoms. The van der Waals surface area contributed by atoms with Gasteiger partial charge in [-0.15, -0.1) is 0 Å². The third kappa shape index (κ3) is 2.09. The summed E-state index contributed by atoms with van der Waals surface area (Å²) in [5.74, 6) is -3.03. The first-order valence-corrected chi connectivity index (χ1v) is 3.02. The fourth-order valence-corrected chi connectivity index (χ4v) is 1.02. The molecule has 1 fully saturated rings. The van der Waals surface area contributed by atoms with Crippen molar-refractivity contribution < 1.29 is 57.5 Å². The molecule has 1 aliphatic carbocycles. The molecule has 1 rings (SSSR count). The molecule has 0 amide bonds. The van der Waals surface area contributed by atoms with Gasteiger partial charge in [-0.2, -0.15) is 0 Å². The summed E-state index contributed by atoms with van der Waals surface area (Å²) in [5.41, 5.74) is -1.67. The molecule has 0 N–H and O–H groups in total. The Morgan fingerprint density at radius 3 is 1.33 bits per heavy atom. The Morgan fingerprint density at radius 1 is 1.00 bits per heavy atom. The van der Waals surface area contributed by atoms with Gasteiger partial charge < -0.3 is 19.8 Å². The molecule has 0 bridgehead atoms. The summed E-state index contributed by atoms with van der Waals surface area (Å²) in [7, 11) is 0. The van der Waals surface area contributed by atoms with E-state index in [-0.39, 0.29) is 50.6 Å². The third-order valence-corrected chi connectivity index (χ3v) is 1.99. The predicted molar refractivity (Wildman–Crippen MR) is 26.3 cm³/mol. The molecule has 0 atom stereocenters. The Bertz CT molecular complexity index is 172. The maximum Gasteiger partial charge on any atom is 1.00 e. The smallest absolute Gasteiger partial charge is 0.549 e. The van der Waals surface area contributed by atoms with Crippen molar-refractivity contribution in [1.82, 2.24) is 0 Å². The van der Waals surface area contributed by atoms with Crippen molar-refractivity contribution in [2.24, 2.45) is 5.41 Å². The number of hydrogen-bond acceptors (Lipinski definition) is 4. The molecule has 0 aromatic carbocycles. The Hall–Kier alpha value is 0.135. The second-order valence-electron chi connectivity index (χ2n) is 2.51. The van der Waals surface area contributed by atoms with E-state index in [9.17, 15) is 19.8 Å². The fourth-order valence-electron chi connectivity index (χ4n) is 1.02. The number of carbonyl (C=O) groups is 2. The number of carboxylic acids is 2. The topological polar surface area (TPSA) is 80.3 Å². The predicted octanol–water partition coefficient (Wildman–Crippen LogP) is -8.34. The van der Waals surface area contributed by atoms with Gasteiger partial charge in [-0.3, -0.25) is 0 Å². The first-order chi connectivity index (χ1) is 4.59. The molecule has 12 heavy (non-hydrogen) atoms. The van der Waals surface area contributed by atoms with Gasteiger partial charge in [0, 0.05) is 5.41 Å². The van der Waals surface area contributed by atoms with Crippen molar-refractivity contribution in [3.8, 4) is 0 Å². The Balaban J connectivity index is 0. The molecule has 4 nitrogen and oxygen atoms in total. The van der Waals surface area contributed by atoms with Gasteiger partial charge in [0.1, 0.15) is 0 Å². The van der Waals surface area contributed by atoms with Crippen LogP contribution in [0.1, 0.15) is 19.3 Å². The zero-order chi connectivity index (χ0) is 7.78. The summed E-state index contributed by atoms with van der Waals surface area (Å²) in [4.78, 5) is 20.4. The van der Waals surface area contributed by atoms with E-state index >= 15 is 0 Å². The average Bonchev–Trinajstić information content (AvgIpc) is 1.57. The number of rotatable bonds is 2. The molecule has 0 unspecified atom stereocenters. The largest absolute Gasteiger partial charge is 1.00 e. The molecule has 0 heterocycles.